The lowest BCUT2D eigenvalue weighted by Crippen LogP contribution is -2.30. The molecule has 0 bridgehead atoms. The molecule has 0 saturated heterocycles. The van der Waals surface area contributed by atoms with Crippen LogP contribution in [0.4, 0.5) is 0 Å². The Morgan fingerprint density at radius 1 is 0.269 bits per heavy atom. The van der Waals surface area contributed by atoms with Crippen LogP contribution in [0.25, 0.3) is 0 Å². The molecular formula is C72H126O6. The van der Waals surface area contributed by atoms with E-state index < -0.39 is 6.10 Å². The van der Waals surface area contributed by atoms with Gasteiger partial charge in [0.2, 0.25) is 0 Å². The van der Waals surface area contributed by atoms with E-state index in [2.05, 4.69) is 106 Å². The summed E-state index contributed by atoms with van der Waals surface area (Å²) in [6, 6.07) is 0. The van der Waals surface area contributed by atoms with Gasteiger partial charge in [-0.3, -0.25) is 14.4 Å². The predicted octanol–water partition coefficient (Wildman–Crippen LogP) is 23.1. The van der Waals surface area contributed by atoms with Crippen molar-refractivity contribution in [1.82, 2.24) is 0 Å². The quantitative estimate of drug-likeness (QED) is 0.0261. The van der Waals surface area contributed by atoms with Crippen LogP contribution >= 0.6 is 0 Å². The van der Waals surface area contributed by atoms with E-state index in [0.29, 0.717) is 19.3 Å². The fraction of sp³-hybridized carbons (Fsp3) is 0.764. The molecule has 0 aromatic carbocycles. The van der Waals surface area contributed by atoms with Gasteiger partial charge in [0.25, 0.3) is 0 Å². The molecule has 0 spiro atoms. The van der Waals surface area contributed by atoms with Crippen LogP contribution in [-0.4, -0.2) is 37.2 Å². The molecule has 0 saturated carbocycles. The van der Waals surface area contributed by atoms with E-state index in [4.69, 9.17) is 14.2 Å². The summed E-state index contributed by atoms with van der Waals surface area (Å²) in [7, 11) is 0. The van der Waals surface area contributed by atoms with Crippen molar-refractivity contribution in [2.75, 3.05) is 13.2 Å². The van der Waals surface area contributed by atoms with Crippen LogP contribution in [-0.2, 0) is 28.6 Å². The van der Waals surface area contributed by atoms with E-state index in [1.54, 1.807) is 0 Å². The molecule has 0 aliphatic heterocycles. The summed E-state index contributed by atoms with van der Waals surface area (Å²) in [5, 5.41) is 0. The zero-order chi connectivity index (χ0) is 56.4. The van der Waals surface area contributed by atoms with Crippen molar-refractivity contribution < 1.29 is 28.6 Å². The number of esters is 3. The standard InChI is InChI=1S/C72H126O6/c1-4-7-10-13-16-19-22-25-28-31-34-36-39-41-44-47-50-53-56-59-62-65-71(74)77-68-69(67-76-70(73)64-61-58-55-52-49-46-43-40-37-33-30-27-24-21-18-15-12-9-6-3)78-72(75)66-63-60-57-54-51-48-45-42-38-35-32-29-26-23-20-17-14-11-8-5-2/h7,10,16,18-19,21,25,27-28,30,34,36-37,40,69H,4-6,8-9,11-15,17,20,22-24,26,29,31-33,35,38-39,41-68H2,1-3H3/b10-7-,19-16-,21-18-,28-25-,30-27-,36-34-,40-37-. The zero-order valence-corrected chi connectivity index (χ0v) is 51.7. The first-order valence-corrected chi connectivity index (χ1v) is 33.6. The Kier molecular flexibility index (Phi) is 63.2. The fourth-order valence-corrected chi connectivity index (χ4v) is 9.62. The summed E-state index contributed by atoms with van der Waals surface area (Å²) >= 11 is 0. The number of carbonyl (C=O) groups is 3. The molecule has 0 aromatic heterocycles. The largest absolute Gasteiger partial charge is 0.462 e. The van der Waals surface area contributed by atoms with E-state index in [1.165, 1.54) is 186 Å². The Labute approximate surface area is 484 Å². The third-order valence-electron chi connectivity index (χ3n) is 14.6. The number of ether oxygens (including phenoxy) is 3. The Balaban J connectivity index is 4.40. The van der Waals surface area contributed by atoms with Crippen LogP contribution in [0.15, 0.2) is 85.1 Å². The van der Waals surface area contributed by atoms with Gasteiger partial charge in [-0.2, -0.15) is 0 Å². The summed E-state index contributed by atoms with van der Waals surface area (Å²) in [6.07, 6.45) is 87.3. The zero-order valence-electron chi connectivity index (χ0n) is 51.7. The molecular weight excluding hydrogens is 961 g/mol. The SMILES string of the molecule is CC/C=C\C/C=C\C/C=C\C/C=C\CCCCCCCCCCC(=O)OCC(COC(=O)CCCCCCCC/C=C\C/C=C\C/C=C\CCCCC)OC(=O)CCCCCCCCCCCCCCCCCCCCCC. The lowest BCUT2D eigenvalue weighted by molar-refractivity contribution is -0.167. The smallest absolute Gasteiger partial charge is 0.306 e. The number of hydrogen-bond donors (Lipinski definition) is 0. The highest BCUT2D eigenvalue weighted by Crippen LogP contribution is 2.17. The van der Waals surface area contributed by atoms with E-state index in [9.17, 15) is 14.4 Å². The van der Waals surface area contributed by atoms with Gasteiger partial charge in [-0.05, 0) is 96.3 Å². The van der Waals surface area contributed by atoms with Gasteiger partial charge in [0, 0.05) is 19.3 Å². The van der Waals surface area contributed by atoms with Crippen molar-refractivity contribution in [2.24, 2.45) is 0 Å². The van der Waals surface area contributed by atoms with Crippen LogP contribution in [0.5, 0.6) is 0 Å². The lowest BCUT2D eigenvalue weighted by Gasteiger charge is -2.18. The average molecular weight is 1090 g/mol. The Bertz CT molecular complexity index is 1480. The number of rotatable bonds is 61. The number of hydrogen-bond acceptors (Lipinski definition) is 6. The molecule has 0 aromatic rings. The second-order valence-corrected chi connectivity index (χ2v) is 22.4. The first-order chi connectivity index (χ1) is 38.5. The van der Waals surface area contributed by atoms with E-state index in [-0.39, 0.29) is 31.1 Å². The first-order valence-electron chi connectivity index (χ1n) is 33.6. The Hall–Kier alpha value is -3.41. The van der Waals surface area contributed by atoms with Gasteiger partial charge >= 0.3 is 17.9 Å². The van der Waals surface area contributed by atoms with Gasteiger partial charge in [0.1, 0.15) is 13.2 Å². The molecule has 0 fully saturated rings. The van der Waals surface area contributed by atoms with Crippen molar-refractivity contribution in [3.63, 3.8) is 0 Å². The molecule has 0 aliphatic carbocycles. The van der Waals surface area contributed by atoms with E-state index >= 15 is 0 Å². The van der Waals surface area contributed by atoms with Crippen LogP contribution in [0.1, 0.15) is 335 Å². The lowest BCUT2D eigenvalue weighted by atomic mass is 10.0. The summed E-state index contributed by atoms with van der Waals surface area (Å²) in [6.45, 7) is 6.53. The van der Waals surface area contributed by atoms with Crippen molar-refractivity contribution in [3.05, 3.63) is 85.1 Å². The van der Waals surface area contributed by atoms with E-state index in [0.717, 1.165) is 109 Å². The number of allylic oxidation sites excluding steroid dienone is 14. The second kappa shape index (κ2) is 66.1. The maximum Gasteiger partial charge on any atom is 0.306 e. The van der Waals surface area contributed by atoms with Crippen molar-refractivity contribution >= 4 is 17.9 Å². The van der Waals surface area contributed by atoms with Gasteiger partial charge < -0.3 is 14.2 Å². The molecule has 0 radical (unpaired) electrons. The fourth-order valence-electron chi connectivity index (χ4n) is 9.62. The molecule has 0 amide bonds. The predicted molar refractivity (Wildman–Crippen MR) is 339 cm³/mol. The van der Waals surface area contributed by atoms with Gasteiger partial charge in [-0.1, -0.05) is 305 Å². The van der Waals surface area contributed by atoms with Gasteiger partial charge in [-0.15, -0.1) is 0 Å². The van der Waals surface area contributed by atoms with Gasteiger partial charge in [-0.25, -0.2) is 0 Å². The normalized spacial score (nSPS) is 12.6. The molecule has 1 unspecified atom stereocenters. The molecule has 0 aliphatic rings. The van der Waals surface area contributed by atoms with Crippen LogP contribution in [0.3, 0.4) is 0 Å². The summed E-state index contributed by atoms with van der Waals surface area (Å²) < 4.78 is 17.0. The van der Waals surface area contributed by atoms with Crippen molar-refractivity contribution in [3.8, 4) is 0 Å². The molecule has 6 heteroatoms. The van der Waals surface area contributed by atoms with Crippen LogP contribution in [0.2, 0.25) is 0 Å². The Morgan fingerprint density at radius 2 is 0.500 bits per heavy atom. The van der Waals surface area contributed by atoms with Gasteiger partial charge in [0.15, 0.2) is 6.10 Å². The first kappa shape index (κ1) is 74.6. The average Bonchev–Trinajstić information content (AvgIpc) is 3.44. The minimum absolute atomic E-state index is 0.0826. The highest BCUT2D eigenvalue weighted by Gasteiger charge is 2.19. The maximum atomic E-state index is 12.9. The van der Waals surface area contributed by atoms with E-state index in [1.807, 2.05) is 0 Å². The molecule has 1 atom stereocenters. The van der Waals surface area contributed by atoms with Crippen LogP contribution in [0, 0.1) is 0 Å². The topological polar surface area (TPSA) is 78.9 Å². The monoisotopic (exact) mass is 1090 g/mol. The minimum Gasteiger partial charge on any atom is -0.462 e. The summed E-state index contributed by atoms with van der Waals surface area (Å²) in [5.74, 6) is -0.884. The third-order valence-corrected chi connectivity index (χ3v) is 14.6. The maximum absolute atomic E-state index is 12.9. The van der Waals surface area contributed by atoms with Crippen molar-refractivity contribution in [1.29, 1.82) is 0 Å². The van der Waals surface area contributed by atoms with Crippen molar-refractivity contribution in [2.45, 2.75) is 341 Å². The molecule has 6 nitrogen and oxygen atoms in total. The number of carbonyl (C=O) groups excluding carboxylic acids is 3. The molecule has 0 rings (SSSR count). The molecule has 0 heterocycles. The highest BCUT2D eigenvalue weighted by atomic mass is 16.6. The third kappa shape index (κ3) is 63.4. The van der Waals surface area contributed by atoms with Gasteiger partial charge in [0.05, 0.1) is 0 Å². The summed E-state index contributed by atoms with van der Waals surface area (Å²) in [5.41, 5.74) is 0. The molecule has 0 N–H and O–H groups in total. The molecule has 450 valence electrons. The Morgan fingerprint density at radius 3 is 0.808 bits per heavy atom. The van der Waals surface area contributed by atoms with Crippen LogP contribution < -0.4 is 0 Å². The number of unbranched alkanes of at least 4 members (excludes halogenated alkanes) is 36. The second-order valence-electron chi connectivity index (χ2n) is 22.4. The minimum atomic E-state index is -0.786. The molecule has 78 heavy (non-hydrogen) atoms. The summed E-state index contributed by atoms with van der Waals surface area (Å²) in [4.78, 5) is 38.4. The highest BCUT2D eigenvalue weighted by molar-refractivity contribution is 5.71.